The second kappa shape index (κ2) is 10.9. The number of hydrogen-bond acceptors (Lipinski definition) is 5. The summed E-state index contributed by atoms with van der Waals surface area (Å²) in [6.45, 7) is 12.1. The average Bonchev–Trinajstić information content (AvgIpc) is 3.36. The molecule has 1 saturated heterocycles. The molecule has 0 unspecified atom stereocenters. The third-order valence-electron chi connectivity index (χ3n) is 5.90. The van der Waals surface area contributed by atoms with Gasteiger partial charge in [-0.2, -0.15) is 0 Å². The Labute approximate surface area is 194 Å². The van der Waals surface area contributed by atoms with Gasteiger partial charge < -0.3 is 9.32 Å². The summed E-state index contributed by atoms with van der Waals surface area (Å²) in [7, 11) is 0. The maximum atomic E-state index is 13.5. The van der Waals surface area contributed by atoms with Crippen LogP contribution in [0.2, 0.25) is 0 Å². The number of hydrogen-bond donors (Lipinski definition) is 2. The van der Waals surface area contributed by atoms with Crippen LogP contribution in [0.25, 0.3) is 5.57 Å². The zero-order chi connectivity index (χ0) is 24.0. The van der Waals surface area contributed by atoms with E-state index in [9.17, 15) is 9.59 Å². The average molecular weight is 450 g/mol. The highest BCUT2D eigenvalue weighted by Gasteiger charge is 2.33. The molecule has 0 spiro atoms. The van der Waals surface area contributed by atoms with Gasteiger partial charge in [0.15, 0.2) is 0 Å². The SMILES string of the molecule is C=C(/C(=C\C=C/C)C(=O)N1C[C@@H](C)N(Cc2ccc(C(=O)NO)cc2)[C@@H](C)C1)c1ccco1. The number of nitrogens with zero attached hydrogens (tertiary/aromatic N) is 2. The van der Waals surface area contributed by atoms with Gasteiger partial charge in [-0.3, -0.25) is 19.7 Å². The van der Waals surface area contributed by atoms with Gasteiger partial charge in [-0.25, -0.2) is 5.48 Å². The van der Waals surface area contributed by atoms with Crippen LogP contribution in [-0.4, -0.2) is 52.0 Å². The van der Waals surface area contributed by atoms with Crippen LogP contribution in [0.3, 0.4) is 0 Å². The van der Waals surface area contributed by atoms with Gasteiger partial charge >= 0.3 is 0 Å². The topological polar surface area (TPSA) is 86.0 Å². The molecule has 1 aromatic heterocycles. The fourth-order valence-electron chi connectivity index (χ4n) is 4.12. The van der Waals surface area contributed by atoms with E-state index in [1.54, 1.807) is 42.1 Å². The number of carbonyl (C=O) groups is 2. The van der Waals surface area contributed by atoms with Crippen molar-refractivity contribution >= 4 is 17.4 Å². The Bertz CT molecular complexity index is 1030. The Morgan fingerprint density at radius 2 is 1.85 bits per heavy atom. The summed E-state index contributed by atoms with van der Waals surface area (Å²) in [5, 5.41) is 8.77. The molecule has 0 saturated carbocycles. The molecule has 0 bridgehead atoms. The van der Waals surface area contributed by atoms with Crippen LogP contribution in [-0.2, 0) is 11.3 Å². The lowest BCUT2D eigenvalue weighted by molar-refractivity contribution is -0.131. The molecule has 1 fully saturated rings. The van der Waals surface area contributed by atoms with Gasteiger partial charge in [0.25, 0.3) is 11.8 Å². The number of amides is 2. The number of carbonyl (C=O) groups excluding carboxylic acids is 2. The van der Waals surface area contributed by atoms with Crippen molar-refractivity contribution in [2.75, 3.05) is 13.1 Å². The Kier molecular flexibility index (Phi) is 8.03. The molecule has 0 radical (unpaired) electrons. The van der Waals surface area contributed by atoms with Crippen LogP contribution in [0.5, 0.6) is 0 Å². The first kappa shape index (κ1) is 24.2. The summed E-state index contributed by atoms with van der Waals surface area (Å²) in [6, 6.07) is 11.0. The molecule has 1 aliphatic heterocycles. The van der Waals surface area contributed by atoms with Crippen molar-refractivity contribution in [3.8, 4) is 0 Å². The van der Waals surface area contributed by atoms with Gasteiger partial charge in [-0.05, 0) is 56.7 Å². The molecule has 1 aliphatic rings. The van der Waals surface area contributed by atoms with Gasteiger partial charge in [0.2, 0.25) is 0 Å². The number of nitrogens with one attached hydrogen (secondary N) is 1. The molecular formula is C26H31N3O4. The van der Waals surface area contributed by atoms with E-state index in [1.165, 1.54) is 0 Å². The third-order valence-corrected chi connectivity index (χ3v) is 5.90. The molecule has 2 aromatic rings. The number of benzene rings is 1. The molecule has 2 heterocycles. The number of furan rings is 1. The second-order valence-electron chi connectivity index (χ2n) is 8.28. The Balaban J connectivity index is 1.72. The highest BCUT2D eigenvalue weighted by Crippen LogP contribution is 2.26. The fraction of sp³-hybridized carbons (Fsp3) is 0.308. The predicted molar refractivity (Wildman–Crippen MR) is 127 cm³/mol. The van der Waals surface area contributed by atoms with E-state index in [4.69, 9.17) is 9.62 Å². The standard InChI is InChI=1S/C26H31N3O4/c1-5-6-8-23(20(4)24-9-7-14-33-24)26(31)28-15-18(2)29(19(3)16-28)17-21-10-12-22(13-11-21)25(30)27-32/h5-14,18-19,32H,4,15-17H2,1-3H3,(H,27,30)/b6-5-,23-8+/t18-,19+. The molecule has 33 heavy (non-hydrogen) atoms. The van der Waals surface area contributed by atoms with E-state index in [1.807, 2.05) is 36.1 Å². The summed E-state index contributed by atoms with van der Waals surface area (Å²) in [4.78, 5) is 29.2. The first-order chi connectivity index (χ1) is 15.8. The van der Waals surface area contributed by atoms with Crippen molar-refractivity contribution in [1.29, 1.82) is 0 Å². The van der Waals surface area contributed by atoms with E-state index in [2.05, 4.69) is 25.3 Å². The van der Waals surface area contributed by atoms with Crippen molar-refractivity contribution < 1.29 is 19.2 Å². The fourth-order valence-corrected chi connectivity index (χ4v) is 4.12. The lowest BCUT2D eigenvalue weighted by atomic mass is 10.00. The van der Waals surface area contributed by atoms with Gasteiger partial charge in [0.1, 0.15) is 5.76 Å². The lowest BCUT2D eigenvalue weighted by Crippen LogP contribution is -2.57. The molecule has 2 N–H and O–H groups in total. The van der Waals surface area contributed by atoms with Crippen molar-refractivity contribution in [3.63, 3.8) is 0 Å². The monoisotopic (exact) mass is 449 g/mol. The van der Waals surface area contributed by atoms with E-state index in [0.29, 0.717) is 42.1 Å². The van der Waals surface area contributed by atoms with E-state index < -0.39 is 5.91 Å². The summed E-state index contributed by atoms with van der Waals surface area (Å²) >= 11 is 0. The van der Waals surface area contributed by atoms with Gasteiger partial charge in [-0.15, -0.1) is 0 Å². The Hall–Kier alpha value is -3.42. The van der Waals surface area contributed by atoms with E-state index in [-0.39, 0.29) is 18.0 Å². The maximum absolute atomic E-state index is 13.5. The number of hydroxylamine groups is 1. The second-order valence-corrected chi connectivity index (χ2v) is 8.28. The minimum absolute atomic E-state index is 0.0628. The molecule has 2 atom stereocenters. The lowest BCUT2D eigenvalue weighted by Gasteiger charge is -2.44. The normalized spacial score (nSPS) is 19.6. The first-order valence-electron chi connectivity index (χ1n) is 11.0. The van der Waals surface area contributed by atoms with Crippen LogP contribution in [0.4, 0.5) is 0 Å². The zero-order valence-electron chi connectivity index (χ0n) is 19.3. The molecule has 7 heteroatoms. The number of rotatable bonds is 7. The minimum Gasteiger partial charge on any atom is -0.464 e. The largest absolute Gasteiger partial charge is 0.464 e. The molecule has 1 aromatic carbocycles. The van der Waals surface area contributed by atoms with Crippen LogP contribution in [0.15, 0.2) is 77.5 Å². The summed E-state index contributed by atoms with van der Waals surface area (Å²) in [5.41, 5.74) is 4.19. The van der Waals surface area contributed by atoms with Crippen LogP contribution in [0.1, 0.15) is 42.5 Å². The first-order valence-corrected chi connectivity index (χ1v) is 11.0. The van der Waals surface area contributed by atoms with Crippen molar-refractivity contribution in [3.05, 3.63) is 89.9 Å². The summed E-state index contributed by atoms with van der Waals surface area (Å²) in [5.74, 6) is -0.0160. The Morgan fingerprint density at radius 1 is 1.18 bits per heavy atom. The van der Waals surface area contributed by atoms with Gasteiger partial charge in [-0.1, -0.05) is 30.9 Å². The van der Waals surface area contributed by atoms with Crippen LogP contribution < -0.4 is 5.48 Å². The predicted octanol–water partition coefficient (Wildman–Crippen LogP) is 4.04. The molecule has 174 valence electrons. The quantitative estimate of drug-likeness (QED) is 0.288. The molecular weight excluding hydrogens is 418 g/mol. The summed E-state index contributed by atoms with van der Waals surface area (Å²) < 4.78 is 5.47. The maximum Gasteiger partial charge on any atom is 0.274 e. The van der Waals surface area contributed by atoms with Gasteiger partial charge in [0.05, 0.1) is 6.26 Å². The van der Waals surface area contributed by atoms with Crippen molar-refractivity contribution in [2.24, 2.45) is 0 Å². The molecule has 0 aliphatic carbocycles. The molecule has 7 nitrogen and oxygen atoms in total. The van der Waals surface area contributed by atoms with Crippen LogP contribution in [0, 0.1) is 0 Å². The number of piperazine rings is 1. The van der Waals surface area contributed by atoms with Crippen LogP contribution >= 0.6 is 0 Å². The highest BCUT2D eigenvalue weighted by molar-refractivity contribution is 6.08. The third kappa shape index (κ3) is 5.69. The summed E-state index contributed by atoms with van der Waals surface area (Å²) in [6.07, 6.45) is 7.08. The molecule has 2 amide bonds. The zero-order valence-corrected chi connectivity index (χ0v) is 19.3. The van der Waals surface area contributed by atoms with Gasteiger partial charge in [0, 0.05) is 48.4 Å². The smallest absolute Gasteiger partial charge is 0.274 e. The highest BCUT2D eigenvalue weighted by atomic mass is 16.5. The number of allylic oxidation sites excluding steroid dienone is 3. The van der Waals surface area contributed by atoms with Crippen molar-refractivity contribution in [1.82, 2.24) is 15.3 Å². The van der Waals surface area contributed by atoms with E-state index in [0.717, 1.165) is 5.56 Å². The molecule has 3 rings (SSSR count). The minimum atomic E-state index is -0.534. The van der Waals surface area contributed by atoms with E-state index >= 15 is 0 Å². The van der Waals surface area contributed by atoms with Crippen molar-refractivity contribution in [2.45, 2.75) is 39.4 Å². The Morgan fingerprint density at radius 3 is 2.39 bits per heavy atom.